The Morgan fingerprint density at radius 3 is 1.68 bits per heavy atom. The molecule has 1 saturated heterocycles. The van der Waals surface area contributed by atoms with Gasteiger partial charge >= 0.3 is 51.4 Å². The SMILES string of the molecule is C1CCCCCOCCCCC1.CCCCOS(=O)(=O)[O-].[K+]. The largest absolute Gasteiger partial charge is 1.00 e. The summed E-state index contributed by atoms with van der Waals surface area (Å²) in [7, 11) is -4.45. The molecular formula is C15H31KO5S. The zero-order valence-corrected chi connectivity index (χ0v) is 18.3. The van der Waals surface area contributed by atoms with Crippen LogP contribution in [0.3, 0.4) is 0 Å². The normalized spacial score (nSPS) is 17.9. The second-order valence-electron chi connectivity index (χ2n) is 5.38. The minimum atomic E-state index is -4.45. The number of unbranched alkanes of at least 4 members (excludes halogenated alkanes) is 1. The molecule has 5 nitrogen and oxygen atoms in total. The number of hydrogen-bond acceptors (Lipinski definition) is 5. The fraction of sp³-hybridized carbons (Fsp3) is 1.00. The van der Waals surface area contributed by atoms with Crippen LogP contribution in [0.1, 0.15) is 77.6 Å². The molecule has 0 N–H and O–H groups in total. The molecule has 0 saturated carbocycles. The summed E-state index contributed by atoms with van der Waals surface area (Å²) in [5.41, 5.74) is 0. The summed E-state index contributed by atoms with van der Waals surface area (Å²) in [6.45, 7) is 3.88. The molecule has 7 heteroatoms. The Morgan fingerprint density at radius 2 is 1.32 bits per heavy atom. The minimum Gasteiger partial charge on any atom is -0.726 e. The first kappa shape index (κ1) is 25.7. The molecule has 0 amide bonds. The van der Waals surface area contributed by atoms with Gasteiger partial charge in [-0.2, -0.15) is 0 Å². The second kappa shape index (κ2) is 18.8. The van der Waals surface area contributed by atoms with E-state index in [4.69, 9.17) is 4.74 Å². The van der Waals surface area contributed by atoms with Gasteiger partial charge in [0.2, 0.25) is 10.4 Å². The third-order valence-corrected chi connectivity index (χ3v) is 3.76. The van der Waals surface area contributed by atoms with Gasteiger partial charge in [-0.25, -0.2) is 8.42 Å². The van der Waals surface area contributed by atoms with Crippen molar-refractivity contribution in [2.24, 2.45) is 0 Å². The number of hydrogen-bond donors (Lipinski definition) is 0. The number of ether oxygens (including phenoxy) is 1. The molecule has 0 aliphatic carbocycles. The van der Waals surface area contributed by atoms with Gasteiger partial charge in [0.25, 0.3) is 0 Å². The summed E-state index contributed by atoms with van der Waals surface area (Å²) in [6, 6.07) is 0. The van der Waals surface area contributed by atoms with Crippen LogP contribution in [0.25, 0.3) is 0 Å². The van der Waals surface area contributed by atoms with E-state index in [9.17, 15) is 13.0 Å². The number of rotatable bonds is 4. The van der Waals surface area contributed by atoms with Crippen LogP contribution in [-0.4, -0.2) is 32.8 Å². The van der Waals surface area contributed by atoms with Crippen LogP contribution in [0.15, 0.2) is 0 Å². The molecule has 0 bridgehead atoms. The van der Waals surface area contributed by atoms with E-state index in [2.05, 4.69) is 4.18 Å². The molecule has 1 rings (SSSR count). The van der Waals surface area contributed by atoms with Crippen molar-refractivity contribution in [3.05, 3.63) is 0 Å². The van der Waals surface area contributed by atoms with E-state index in [0.717, 1.165) is 19.6 Å². The van der Waals surface area contributed by atoms with Crippen LogP contribution in [0.5, 0.6) is 0 Å². The molecule has 0 aromatic heterocycles. The fourth-order valence-electron chi connectivity index (χ4n) is 2.05. The topological polar surface area (TPSA) is 75.7 Å². The van der Waals surface area contributed by atoms with Crippen molar-refractivity contribution in [2.75, 3.05) is 19.8 Å². The first-order valence-corrected chi connectivity index (χ1v) is 9.57. The van der Waals surface area contributed by atoms with E-state index in [-0.39, 0.29) is 58.0 Å². The van der Waals surface area contributed by atoms with E-state index in [0.29, 0.717) is 6.42 Å². The standard InChI is InChI=1S/C11H22O.C4H10O4S.K/c1-2-4-6-8-10-12-11-9-7-5-3-1;1-2-3-4-8-9(5,6)7;/h1-11H2;2-4H2,1H3,(H,5,6,7);/q;;+1/p-1. The molecular weight excluding hydrogens is 331 g/mol. The van der Waals surface area contributed by atoms with Crippen molar-refractivity contribution < 1.29 is 73.3 Å². The van der Waals surface area contributed by atoms with Crippen LogP contribution < -0.4 is 51.4 Å². The average molecular weight is 363 g/mol. The Morgan fingerprint density at radius 1 is 0.909 bits per heavy atom. The first-order valence-electron chi connectivity index (χ1n) is 8.24. The molecule has 0 aromatic carbocycles. The van der Waals surface area contributed by atoms with Crippen molar-refractivity contribution in [3.63, 3.8) is 0 Å². The summed E-state index contributed by atoms with van der Waals surface area (Å²) < 4.78 is 38.6. The Kier molecular flexibility index (Phi) is 22.0. The van der Waals surface area contributed by atoms with E-state index >= 15 is 0 Å². The molecule has 0 atom stereocenters. The smallest absolute Gasteiger partial charge is 0.726 e. The minimum absolute atomic E-state index is 0. The van der Waals surface area contributed by atoms with Crippen molar-refractivity contribution in [2.45, 2.75) is 77.6 Å². The Balaban J connectivity index is 0. The third kappa shape index (κ3) is 23.7. The van der Waals surface area contributed by atoms with Crippen molar-refractivity contribution >= 4 is 10.4 Å². The van der Waals surface area contributed by atoms with Crippen LogP contribution >= 0.6 is 0 Å². The maximum atomic E-state index is 9.73. The summed E-state index contributed by atoms with van der Waals surface area (Å²) in [4.78, 5) is 0. The van der Waals surface area contributed by atoms with Crippen molar-refractivity contribution in [3.8, 4) is 0 Å². The Hall–Kier alpha value is 1.47. The van der Waals surface area contributed by atoms with Gasteiger partial charge < -0.3 is 9.29 Å². The summed E-state index contributed by atoms with van der Waals surface area (Å²) in [5, 5.41) is 0. The molecule has 1 aliphatic heterocycles. The van der Waals surface area contributed by atoms with Crippen LogP contribution in [0.4, 0.5) is 0 Å². The van der Waals surface area contributed by atoms with Gasteiger partial charge in [-0.05, 0) is 19.3 Å². The van der Waals surface area contributed by atoms with Gasteiger partial charge in [-0.3, -0.25) is 4.18 Å². The fourth-order valence-corrected chi connectivity index (χ4v) is 2.38. The molecule has 0 aromatic rings. The zero-order valence-electron chi connectivity index (χ0n) is 14.3. The van der Waals surface area contributed by atoms with E-state index < -0.39 is 10.4 Å². The summed E-state index contributed by atoms with van der Waals surface area (Å²) >= 11 is 0. The van der Waals surface area contributed by atoms with Gasteiger partial charge in [0.15, 0.2) is 0 Å². The van der Waals surface area contributed by atoms with Gasteiger partial charge in [-0.1, -0.05) is 58.3 Å². The third-order valence-electron chi connectivity index (χ3n) is 3.30. The second-order valence-corrected chi connectivity index (χ2v) is 6.43. The maximum absolute atomic E-state index is 9.73. The first-order chi connectivity index (χ1) is 10.1. The maximum Gasteiger partial charge on any atom is 1.00 e. The van der Waals surface area contributed by atoms with Gasteiger partial charge in [-0.15, -0.1) is 0 Å². The zero-order chi connectivity index (χ0) is 15.8. The molecule has 1 aliphatic rings. The quantitative estimate of drug-likeness (QED) is 0.320. The van der Waals surface area contributed by atoms with E-state index in [1.807, 2.05) is 6.92 Å². The van der Waals surface area contributed by atoms with Crippen molar-refractivity contribution in [1.82, 2.24) is 0 Å². The Bertz CT molecular complexity index is 266. The Labute approximate surface area is 179 Å². The van der Waals surface area contributed by atoms with Crippen LogP contribution in [-0.2, 0) is 19.3 Å². The average Bonchev–Trinajstić information content (AvgIpc) is 2.39. The molecule has 1 heterocycles. The van der Waals surface area contributed by atoms with Gasteiger partial charge in [0, 0.05) is 13.2 Å². The van der Waals surface area contributed by atoms with Gasteiger partial charge in [0.1, 0.15) is 0 Å². The van der Waals surface area contributed by atoms with Crippen LogP contribution in [0, 0.1) is 0 Å². The van der Waals surface area contributed by atoms with Crippen molar-refractivity contribution in [1.29, 1.82) is 0 Å². The van der Waals surface area contributed by atoms with E-state index in [1.54, 1.807) is 0 Å². The van der Waals surface area contributed by atoms with Crippen LogP contribution in [0.2, 0.25) is 0 Å². The van der Waals surface area contributed by atoms with E-state index in [1.165, 1.54) is 57.8 Å². The van der Waals surface area contributed by atoms with Gasteiger partial charge in [0.05, 0.1) is 6.61 Å². The molecule has 128 valence electrons. The predicted molar refractivity (Wildman–Crippen MR) is 82.9 cm³/mol. The molecule has 0 spiro atoms. The monoisotopic (exact) mass is 362 g/mol. The molecule has 1 fully saturated rings. The summed E-state index contributed by atoms with van der Waals surface area (Å²) in [5.74, 6) is 0. The summed E-state index contributed by atoms with van der Waals surface area (Å²) in [6.07, 6.45) is 13.9. The molecule has 0 radical (unpaired) electrons. The predicted octanol–water partition coefficient (Wildman–Crippen LogP) is 0.795. The molecule has 22 heavy (non-hydrogen) atoms. The molecule has 0 unspecified atom stereocenters.